The highest BCUT2D eigenvalue weighted by Crippen LogP contribution is 2.22. The van der Waals surface area contributed by atoms with Crippen molar-refractivity contribution in [2.45, 2.75) is 6.54 Å². The van der Waals surface area contributed by atoms with Crippen LogP contribution in [-0.4, -0.2) is 17.3 Å². The molecule has 0 fully saturated rings. The van der Waals surface area contributed by atoms with Gasteiger partial charge in [0.05, 0.1) is 18.8 Å². The van der Waals surface area contributed by atoms with Crippen LogP contribution in [0.5, 0.6) is 5.75 Å². The van der Waals surface area contributed by atoms with Crippen LogP contribution in [0.1, 0.15) is 5.56 Å². The number of nitrogens with one attached hydrogen (secondary N) is 1. The first-order chi connectivity index (χ1) is 6.35. The lowest BCUT2D eigenvalue weighted by Gasteiger charge is -2.03. The molecule has 4 heteroatoms. The largest absolute Gasteiger partial charge is 0.497 e. The first-order valence-electron chi connectivity index (χ1n) is 4.05. The highest BCUT2D eigenvalue weighted by Gasteiger charge is 2.04. The molecule has 0 aliphatic carbocycles. The number of nitrogens with two attached hydrogens (primary N) is 1. The number of hydrogen-bond donors (Lipinski definition) is 2. The zero-order valence-electron chi connectivity index (χ0n) is 7.37. The minimum atomic E-state index is 0.482. The number of fused-ring (bicyclic) bond motifs is 1. The zero-order chi connectivity index (χ0) is 9.26. The minimum Gasteiger partial charge on any atom is -0.497 e. The average molecular weight is 177 g/mol. The third-order valence-corrected chi connectivity index (χ3v) is 2.06. The molecule has 4 nitrogen and oxygen atoms in total. The number of nitrogens with zero attached hydrogens (tertiary/aromatic N) is 1. The Hall–Kier alpha value is -1.55. The zero-order valence-corrected chi connectivity index (χ0v) is 7.37. The van der Waals surface area contributed by atoms with E-state index in [9.17, 15) is 0 Å². The molecular weight excluding hydrogens is 166 g/mol. The Labute approximate surface area is 75.7 Å². The number of ether oxygens (including phenoxy) is 1. The monoisotopic (exact) mass is 177 g/mol. The average Bonchev–Trinajstić information content (AvgIpc) is 2.63. The van der Waals surface area contributed by atoms with Crippen LogP contribution in [0.2, 0.25) is 0 Å². The van der Waals surface area contributed by atoms with Crippen molar-refractivity contribution < 1.29 is 4.74 Å². The van der Waals surface area contributed by atoms with Gasteiger partial charge < -0.3 is 10.5 Å². The second-order valence-corrected chi connectivity index (χ2v) is 2.82. The summed E-state index contributed by atoms with van der Waals surface area (Å²) in [5.41, 5.74) is 7.60. The highest BCUT2D eigenvalue weighted by atomic mass is 16.5. The number of hydrogen-bond acceptors (Lipinski definition) is 3. The Morgan fingerprint density at radius 3 is 3.08 bits per heavy atom. The van der Waals surface area contributed by atoms with Gasteiger partial charge in [0.25, 0.3) is 0 Å². The molecule has 0 aliphatic heterocycles. The topological polar surface area (TPSA) is 63.9 Å². The van der Waals surface area contributed by atoms with Gasteiger partial charge in [-0.1, -0.05) is 0 Å². The Kier molecular flexibility index (Phi) is 1.90. The number of aromatic amines is 1. The van der Waals surface area contributed by atoms with E-state index < -0.39 is 0 Å². The third-order valence-electron chi connectivity index (χ3n) is 2.06. The smallest absolute Gasteiger partial charge is 0.119 e. The van der Waals surface area contributed by atoms with E-state index in [0.29, 0.717) is 6.54 Å². The summed E-state index contributed by atoms with van der Waals surface area (Å²) >= 11 is 0. The summed E-state index contributed by atoms with van der Waals surface area (Å²) in [6, 6.07) is 3.85. The standard InChI is InChI=1S/C9H11N3O/c1-13-8-2-6(4-10)9-7(3-8)5-11-12-9/h2-3,5H,4,10H2,1H3,(H,11,12). The molecule has 0 radical (unpaired) electrons. The van der Waals surface area contributed by atoms with Gasteiger partial charge in [-0.05, 0) is 17.7 Å². The van der Waals surface area contributed by atoms with Crippen LogP contribution in [0, 0.1) is 0 Å². The third kappa shape index (κ3) is 1.25. The predicted octanol–water partition coefficient (Wildman–Crippen LogP) is 1.03. The van der Waals surface area contributed by atoms with Crippen molar-refractivity contribution in [3.8, 4) is 5.75 Å². The lowest BCUT2D eigenvalue weighted by Crippen LogP contribution is -1.98. The summed E-state index contributed by atoms with van der Waals surface area (Å²) in [7, 11) is 1.64. The predicted molar refractivity (Wildman–Crippen MR) is 50.5 cm³/mol. The SMILES string of the molecule is COc1cc(CN)c2[nH]ncc2c1. The van der Waals surface area contributed by atoms with E-state index in [-0.39, 0.29) is 0 Å². The van der Waals surface area contributed by atoms with Gasteiger partial charge >= 0.3 is 0 Å². The van der Waals surface area contributed by atoms with Gasteiger partial charge in [0.2, 0.25) is 0 Å². The van der Waals surface area contributed by atoms with Gasteiger partial charge in [-0.15, -0.1) is 0 Å². The second kappa shape index (κ2) is 3.06. The molecule has 0 saturated carbocycles. The quantitative estimate of drug-likeness (QED) is 0.720. The van der Waals surface area contributed by atoms with Crippen LogP contribution in [0.3, 0.4) is 0 Å². The Morgan fingerprint density at radius 2 is 2.38 bits per heavy atom. The number of rotatable bonds is 2. The van der Waals surface area contributed by atoms with Crippen molar-refractivity contribution in [3.05, 3.63) is 23.9 Å². The Morgan fingerprint density at radius 1 is 1.54 bits per heavy atom. The van der Waals surface area contributed by atoms with E-state index in [0.717, 1.165) is 22.2 Å². The molecule has 1 aromatic carbocycles. The number of benzene rings is 1. The molecule has 2 aromatic rings. The summed E-state index contributed by atoms with van der Waals surface area (Å²) in [5, 5.41) is 7.88. The van der Waals surface area contributed by atoms with Gasteiger partial charge in [0, 0.05) is 11.9 Å². The van der Waals surface area contributed by atoms with E-state index in [1.165, 1.54) is 0 Å². The van der Waals surface area contributed by atoms with Crippen molar-refractivity contribution in [3.63, 3.8) is 0 Å². The fourth-order valence-electron chi connectivity index (χ4n) is 1.38. The van der Waals surface area contributed by atoms with E-state index in [1.807, 2.05) is 12.1 Å². The lowest BCUT2D eigenvalue weighted by molar-refractivity contribution is 0.415. The fraction of sp³-hybridized carbons (Fsp3) is 0.222. The molecule has 0 spiro atoms. The van der Waals surface area contributed by atoms with E-state index in [4.69, 9.17) is 10.5 Å². The van der Waals surface area contributed by atoms with Crippen molar-refractivity contribution >= 4 is 10.9 Å². The van der Waals surface area contributed by atoms with E-state index in [1.54, 1.807) is 13.3 Å². The molecule has 13 heavy (non-hydrogen) atoms. The summed E-state index contributed by atoms with van der Waals surface area (Å²) in [5.74, 6) is 0.814. The van der Waals surface area contributed by atoms with Crippen LogP contribution < -0.4 is 10.5 Å². The molecule has 68 valence electrons. The highest BCUT2D eigenvalue weighted by molar-refractivity contribution is 5.82. The van der Waals surface area contributed by atoms with Crippen LogP contribution in [0.25, 0.3) is 10.9 Å². The molecule has 1 aromatic heterocycles. The Bertz CT molecular complexity index is 422. The van der Waals surface area contributed by atoms with Crippen LogP contribution >= 0.6 is 0 Å². The van der Waals surface area contributed by atoms with Gasteiger partial charge in [0.1, 0.15) is 5.75 Å². The maximum absolute atomic E-state index is 5.60. The molecular formula is C9H11N3O. The van der Waals surface area contributed by atoms with E-state index in [2.05, 4.69) is 10.2 Å². The van der Waals surface area contributed by atoms with Gasteiger partial charge in [-0.2, -0.15) is 5.10 Å². The first kappa shape index (κ1) is 8.07. The van der Waals surface area contributed by atoms with Gasteiger partial charge in [-0.3, -0.25) is 5.10 Å². The molecule has 2 rings (SSSR count). The molecule has 0 amide bonds. The molecule has 0 bridgehead atoms. The van der Waals surface area contributed by atoms with Crippen molar-refractivity contribution in [1.82, 2.24) is 10.2 Å². The van der Waals surface area contributed by atoms with Gasteiger partial charge in [0.15, 0.2) is 0 Å². The second-order valence-electron chi connectivity index (χ2n) is 2.82. The van der Waals surface area contributed by atoms with Crippen LogP contribution in [0.15, 0.2) is 18.3 Å². The maximum atomic E-state index is 5.60. The normalized spacial score (nSPS) is 10.6. The van der Waals surface area contributed by atoms with Crippen molar-refractivity contribution in [2.24, 2.45) is 5.73 Å². The molecule has 0 aliphatic rings. The van der Waals surface area contributed by atoms with E-state index >= 15 is 0 Å². The minimum absolute atomic E-state index is 0.482. The van der Waals surface area contributed by atoms with Crippen molar-refractivity contribution in [2.75, 3.05) is 7.11 Å². The summed E-state index contributed by atoms with van der Waals surface area (Å²) in [6.45, 7) is 0.482. The lowest BCUT2D eigenvalue weighted by atomic mass is 10.1. The van der Waals surface area contributed by atoms with Crippen LogP contribution in [-0.2, 0) is 6.54 Å². The fourth-order valence-corrected chi connectivity index (χ4v) is 1.38. The number of methoxy groups -OCH3 is 1. The molecule has 1 heterocycles. The molecule has 0 saturated heterocycles. The summed E-state index contributed by atoms with van der Waals surface area (Å²) in [4.78, 5) is 0. The van der Waals surface area contributed by atoms with Crippen molar-refractivity contribution in [1.29, 1.82) is 0 Å². The summed E-state index contributed by atoms with van der Waals surface area (Å²) < 4.78 is 5.14. The van der Waals surface area contributed by atoms with Gasteiger partial charge in [-0.25, -0.2) is 0 Å². The first-order valence-corrected chi connectivity index (χ1v) is 4.05. The molecule has 0 unspecified atom stereocenters. The maximum Gasteiger partial charge on any atom is 0.119 e. The summed E-state index contributed by atoms with van der Waals surface area (Å²) in [6.07, 6.45) is 1.76. The number of aromatic nitrogens is 2. The number of H-pyrrole nitrogens is 1. The molecule has 3 N–H and O–H groups in total. The Balaban J connectivity index is 2.70. The van der Waals surface area contributed by atoms with Crippen LogP contribution in [0.4, 0.5) is 0 Å². The molecule has 0 atom stereocenters.